The van der Waals surface area contributed by atoms with Gasteiger partial charge in [0.05, 0.1) is 11.5 Å². The Labute approximate surface area is 108 Å². The van der Waals surface area contributed by atoms with Crippen LogP contribution in [0.4, 0.5) is 11.4 Å². The van der Waals surface area contributed by atoms with E-state index in [1.165, 1.54) is 18.2 Å². The number of nitrogens with zero attached hydrogens (tertiary/aromatic N) is 1. The fourth-order valence-corrected chi connectivity index (χ4v) is 1.89. The monoisotopic (exact) mass is 270 g/mol. The number of rotatable bonds is 4. The molecule has 1 aliphatic rings. The predicted molar refractivity (Wildman–Crippen MR) is 64.5 cm³/mol. The van der Waals surface area contributed by atoms with Gasteiger partial charge in [-0.3, -0.25) is 10.1 Å². The highest BCUT2D eigenvalue weighted by Gasteiger charge is 2.42. The van der Waals surface area contributed by atoms with Gasteiger partial charge in [-0.25, -0.2) is 0 Å². The molecule has 4 N–H and O–H groups in total. The molecule has 1 fully saturated rings. The standard InChI is InChI=1S/C11H14N2O6/c14-5-8-9(15)10(16)11(19-8)12-6-2-1-3-7(4-6)13(17)18/h1-4,8-12,14-16H,5H2/t8-,9-,10-,11-/m0/s1. The Balaban J connectivity index is 2.09. The first-order valence-corrected chi connectivity index (χ1v) is 5.66. The zero-order valence-electron chi connectivity index (χ0n) is 9.84. The quantitative estimate of drug-likeness (QED) is 0.427. The number of hydrogen-bond acceptors (Lipinski definition) is 7. The van der Waals surface area contributed by atoms with Gasteiger partial charge in [0.1, 0.15) is 18.3 Å². The Kier molecular flexibility index (Phi) is 3.96. The third-order valence-corrected chi connectivity index (χ3v) is 2.91. The zero-order chi connectivity index (χ0) is 14.0. The van der Waals surface area contributed by atoms with Crippen LogP contribution in [0.15, 0.2) is 24.3 Å². The van der Waals surface area contributed by atoms with Crippen molar-refractivity contribution in [3.8, 4) is 0 Å². The van der Waals surface area contributed by atoms with Gasteiger partial charge in [-0.15, -0.1) is 0 Å². The van der Waals surface area contributed by atoms with Gasteiger partial charge in [-0.2, -0.15) is 0 Å². The predicted octanol–water partition coefficient (Wildman–Crippen LogP) is -0.554. The van der Waals surface area contributed by atoms with Crippen molar-refractivity contribution in [2.24, 2.45) is 0 Å². The summed E-state index contributed by atoms with van der Waals surface area (Å²) >= 11 is 0. The summed E-state index contributed by atoms with van der Waals surface area (Å²) in [5.41, 5.74) is 0.279. The van der Waals surface area contributed by atoms with E-state index >= 15 is 0 Å². The molecule has 0 bridgehead atoms. The van der Waals surface area contributed by atoms with Gasteiger partial charge in [0.25, 0.3) is 5.69 Å². The Bertz CT molecular complexity index is 468. The number of hydrogen-bond donors (Lipinski definition) is 4. The van der Waals surface area contributed by atoms with Crippen molar-refractivity contribution >= 4 is 11.4 Å². The SMILES string of the molecule is O=[N+]([O-])c1cccc(N[C@H]2O[C@@H](CO)[C@H](O)[C@@H]2O)c1. The smallest absolute Gasteiger partial charge is 0.271 e. The number of non-ortho nitro benzene ring substituents is 1. The summed E-state index contributed by atoms with van der Waals surface area (Å²) < 4.78 is 5.21. The lowest BCUT2D eigenvalue weighted by atomic mass is 10.1. The van der Waals surface area contributed by atoms with Crippen molar-refractivity contribution in [2.75, 3.05) is 11.9 Å². The number of nitrogens with one attached hydrogen (secondary N) is 1. The van der Waals surface area contributed by atoms with Gasteiger partial charge >= 0.3 is 0 Å². The fourth-order valence-electron chi connectivity index (χ4n) is 1.89. The minimum atomic E-state index is -1.23. The van der Waals surface area contributed by atoms with Crippen LogP contribution in [0.25, 0.3) is 0 Å². The molecule has 2 rings (SSSR count). The summed E-state index contributed by atoms with van der Waals surface area (Å²) in [6.07, 6.45) is -4.25. The summed E-state index contributed by atoms with van der Waals surface area (Å²) in [4.78, 5) is 10.1. The molecule has 1 aliphatic heterocycles. The maximum Gasteiger partial charge on any atom is 0.271 e. The number of aliphatic hydroxyl groups excluding tert-OH is 3. The van der Waals surface area contributed by atoms with Crippen LogP contribution in [-0.2, 0) is 4.74 Å². The van der Waals surface area contributed by atoms with Crippen LogP contribution >= 0.6 is 0 Å². The van der Waals surface area contributed by atoms with Crippen LogP contribution in [0.5, 0.6) is 0 Å². The second-order valence-corrected chi connectivity index (χ2v) is 4.21. The highest BCUT2D eigenvalue weighted by Crippen LogP contribution is 2.24. The molecule has 0 aliphatic carbocycles. The number of anilines is 1. The molecule has 0 spiro atoms. The molecular formula is C11H14N2O6. The van der Waals surface area contributed by atoms with Crippen LogP contribution in [0, 0.1) is 10.1 Å². The first kappa shape index (κ1) is 13.7. The number of nitro benzene ring substituents is 1. The van der Waals surface area contributed by atoms with E-state index in [1.54, 1.807) is 6.07 Å². The molecule has 104 valence electrons. The first-order chi connectivity index (χ1) is 9.02. The lowest BCUT2D eigenvalue weighted by Gasteiger charge is -2.17. The molecule has 8 nitrogen and oxygen atoms in total. The van der Waals surface area contributed by atoms with Crippen LogP contribution < -0.4 is 5.32 Å². The van der Waals surface area contributed by atoms with E-state index in [0.29, 0.717) is 5.69 Å². The lowest BCUT2D eigenvalue weighted by Crippen LogP contribution is -2.36. The van der Waals surface area contributed by atoms with E-state index in [9.17, 15) is 20.3 Å². The van der Waals surface area contributed by atoms with E-state index in [0.717, 1.165) is 0 Å². The molecule has 0 aromatic heterocycles. The summed E-state index contributed by atoms with van der Waals surface area (Å²) in [7, 11) is 0. The van der Waals surface area contributed by atoms with Gasteiger partial charge in [0, 0.05) is 17.8 Å². The van der Waals surface area contributed by atoms with Gasteiger partial charge < -0.3 is 25.4 Å². The van der Waals surface area contributed by atoms with E-state index < -0.39 is 36.1 Å². The maximum absolute atomic E-state index is 10.6. The minimum Gasteiger partial charge on any atom is -0.394 e. The molecule has 19 heavy (non-hydrogen) atoms. The molecule has 0 saturated carbocycles. The van der Waals surface area contributed by atoms with E-state index in [2.05, 4.69) is 5.32 Å². The molecule has 0 amide bonds. The second-order valence-electron chi connectivity index (χ2n) is 4.21. The van der Waals surface area contributed by atoms with Crippen LogP contribution in [0.3, 0.4) is 0 Å². The minimum absolute atomic E-state index is 0.100. The fraction of sp³-hybridized carbons (Fsp3) is 0.455. The Morgan fingerprint density at radius 1 is 1.37 bits per heavy atom. The molecule has 0 radical (unpaired) electrons. The van der Waals surface area contributed by atoms with E-state index in [4.69, 9.17) is 9.84 Å². The molecule has 1 saturated heterocycles. The second kappa shape index (κ2) is 5.49. The first-order valence-electron chi connectivity index (χ1n) is 5.66. The summed E-state index contributed by atoms with van der Waals surface area (Å²) in [5.74, 6) is 0. The van der Waals surface area contributed by atoms with E-state index in [-0.39, 0.29) is 5.69 Å². The Morgan fingerprint density at radius 3 is 2.68 bits per heavy atom. The van der Waals surface area contributed by atoms with Gasteiger partial charge in [-0.05, 0) is 6.07 Å². The van der Waals surface area contributed by atoms with Crippen molar-refractivity contribution in [1.29, 1.82) is 0 Å². The van der Waals surface area contributed by atoms with Gasteiger partial charge in [0.2, 0.25) is 0 Å². The Hall–Kier alpha value is -1.74. The molecule has 4 atom stereocenters. The number of benzene rings is 1. The summed E-state index contributed by atoms with van der Waals surface area (Å²) in [6.45, 7) is -0.425. The topological polar surface area (TPSA) is 125 Å². The normalized spacial score (nSPS) is 30.3. The van der Waals surface area contributed by atoms with Crippen molar-refractivity contribution in [3.63, 3.8) is 0 Å². The maximum atomic E-state index is 10.6. The van der Waals surface area contributed by atoms with Crippen molar-refractivity contribution in [3.05, 3.63) is 34.4 Å². The molecular weight excluding hydrogens is 256 g/mol. The van der Waals surface area contributed by atoms with Crippen molar-refractivity contribution in [1.82, 2.24) is 0 Å². The third kappa shape index (κ3) is 2.82. The molecule has 8 heteroatoms. The zero-order valence-corrected chi connectivity index (χ0v) is 9.84. The Morgan fingerprint density at radius 2 is 2.11 bits per heavy atom. The summed E-state index contributed by atoms with van der Waals surface area (Å²) in [5, 5.41) is 41.6. The third-order valence-electron chi connectivity index (χ3n) is 2.91. The van der Waals surface area contributed by atoms with Gasteiger partial charge in [-0.1, -0.05) is 6.07 Å². The molecule has 1 heterocycles. The largest absolute Gasteiger partial charge is 0.394 e. The van der Waals surface area contributed by atoms with Crippen LogP contribution in [0.1, 0.15) is 0 Å². The molecule has 1 aromatic rings. The van der Waals surface area contributed by atoms with Crippen molar-refractivity contribution < 1.29 is 25.0 Å². The molecule has 0 unspecified atom stereocenters. The average Bonchev–Trinajstić information content (AvgIpc) is 2.67. The summed E-state index contributed by atoms with van der Waals surface area (Å²) in [6, 6.07) is 5.68. The highest BCUT2D eigenvalue weighted by molar-refractivity contribution is 5.51. The number of nitro groups is 1. The lowest BCUT2D eigenvalue weighted by molar-refractivity contribution is -0.384. The number of aliphatic hydroxyl groups is 3. The number of ether oxygens (including phenoxy) is 1. The van der Waals surface area contributed by atoms with Crippen LogP contribution in [-0.4, -0.2) is 51.4 Å². The van der Waals surface area contributed by atoms with Gasteiger partial charge in [0.15, 0.2) is 6.23 Å². The van der Waals surface area contributed by atoms with E-state index in [1.807, 2.05) is 0 Å². The highest BCUT2D eigenvalue weighted by atomic mass is 16.6. The van der Waals surface area contributed by atoms with Crippen LogP contribution in [0.2, 0.25) is 0 Å². The average molecular weight is 270 g/mol. The molecule has 1 aromatic carbocycles. The van der Waals surface area contributed by atoms with Crippen molar-refractivity contribution in [2.45, 2.75) is 24.5 Å².